The molecule has 9 heteroatoms. The van der Waals surface area contributed by atoms with Gasteiger partial charge < -0.3 is 34.6 Å². The molecule has 4 aliphatic carbocycles. The fourth-order valence-electron chi connectivity index (χ4n) is 10.9. The fraction of sp³-hybridized carbons (Fsp3) is 0.829. The quantitative estimate of drug-likeness (QED) is 0.349. The van der Waals surface area contributed by atoms with Crippen LogP contribution in [0.1, 0.15) is 87.5 Å². The zero-order valence-corrected chi connectivity index (χ0v) is 27.5. The van der Waals surface area contributed by atoms with Crippen LogP contribution in [0.15, 0.2) is 23.5 Å². The van der Waals surface area contributed by atoms with Crippen molar-refractivity contribution in [1.82, 2.24) is 0 Å². The summed E-state index contributed by atoms with van der Waals surface area (Å²) in [6.45, 7) is 16.3. The number of ether oxygens (including phenoxy) is 3. The van der Waals surface area contributed by atoms with Gasteiger partial charge in [-0.25, -0.2) is 0 Å². The summed E-state index contributed by atoms with van der Waals surface area (Å²) in [6, 6.07) is 0. The Bertz CT molecular complexity index is 1290. The van der Waals surface area contributed by atoms with E-state index in [0.717, 1.165) is 0 Å². The molecule has 246 valence electrons. The van der Waals surface area contributed by atoms with Crippen molar-refractivity contribution in [3.05, 3.63) is 23.5 Å². The van der Waals surface area contributed by atoms with E-state index in [0.29, 0.717) is 31.4 Å². The van der Waals surface area contributed by atoms with Gasteiger partial charge in [0.05, 0.1) is 18.8 Å². The van der Waals surface area contributed by atoms with Crippen molar-refractivity contribution in [3.63, 3.8) is 0 Å². The molecule has 1 saturated heterocycles. The summed E-state index contributed by atoms with van der Waals surface area (Å²) < 4.78 is 18.3. The Labute approximate surface area is 261 Å². The van der Waals surface area contributed by atoms with Gasteiger partial charge in [-0.2, -0.15) is 0 Å². The Hall–Kier alpha value is -1.62. The van der Waals surface area contributed by atoms with Crippen LogP contribution in [0.2, 0.25) is 0 Å². The van der Waals surface area contributed by atoms with E-state index in [1.807, 2.05) is 13.8 Å². The number of ketones is 2. The maximum absolute atomic E-state index is 14.7. The van der Waals surface area contributed by atoms with Gasteiger partial charge in [0.25, 0.3) is 0 Å². The predicted octanol–water partition coefficient (Wildman–Crippen LogP) is 3.46. The third-order valence-electron chi connectivity index (χ3n) is 13.6. The van der Waals surface area contributed by atoms with E-state index in [1.165, 1.54) is 5.57 Å². The number of hydrogen-bond acceptors (Lipinski definition) is 9. The van der Waals surface area contributed by atoms with Gasteiger partial charge in [-0.3, -0.25) is 9.59 Å². The van der Waals surface area contributed by atoms with Crippen LogP contribution in [-0.4, -0.2) is 81.0 Å². The van der Waals surface area contributed by atoms with E-state index < -0.39 is 63.9 Å². The first kappa shape index (κ1) is 32.3. The molecule has 4 N–H and O–H groups in total. The molecule has 0 amide bonds. The Kier molecular flexibility index (Phi) is 7.48. The molecule has 2 heterocycles. The highest BCUT2D eigenvalue weighted by Gasteiger charge is 2.75. The van der Waals surface area contributed by atoms with Crippen LogP contribution in [-0.2, 0) is 23.8 Å². The molecule has 0 radical (unpaired) electrons. The third-order valence-corrected chi connectivity index (χ3v) is 13.6. The average Bonchev–Trinajstić information content (AvgIpc) is 3.34. The zero-order valence-electron chi connectivity index (χ0n) is 27.5. The molecule has 4 fully saturated rings. The van der Waals surface area contributed by atoms with Gasteiger partial charge in [-0.15, -0.1) is 0 Å². The molecule has 0 aromatic carbocycles. The van der Waals surface area contributed by atoms with Gasteiger partial charge in [0.1, 0.15) is 29.9 Å². The van der Waals surface area contributed by atoms with Gasteiger partial charge in [0.2, 0.25) is 5.78 Å². The molecule has 13 atom stereocenters. The molecule has 3 saturated carbocycles. The van der Waals surface area contributed by atoms with Gasteiger partial charge in [0, 0.05) is 35.2 Å². The Morgan fingerprint density at radius 3 is 2.25 bits per heavy atom. The molecule has 6 rings (SSSR count). The highest BCUT2D eigenvalue weighted by atomic mass is 16.7. The lowest BCUT2D eigenvalue weighted by atomic mass is 9.38. The number of hydrogen-bond donors (Lipinski definition) is 4. The minimum atomic E-state index is -1.36. The summed E-state index contributed by atoms with van der Waals surface area (Å²) in [5, 5.41) is 42.4. The average molecular weight is 617 g/mol. The number of rotatable bonds is 4. The van der Waals surface area contributed by atoms with E-state index in [2.05, 4.69) is 40.7 Å². The van der Waals surface area contributed by atoms with Crippen LogP contribution >= 0.6 is 0 Å². The van der Waals surface area contributed by atoms with E-state index in [1.54, 1.807) is 13.0 Å². The van der Waals surface area contributed by atoms with Crippen molar-refractivity contribution in [2.45, 2.75) is 130 Å². The highest BCUT2D eigenvalue weighted by Crippen LogP contribution is 2.74. The second kappa shape index (κ2) is 10.2. The summed E-state index contributed by atoms with van der Waals surface area (Å²) >= 11 is 0. The maximum Gasteiger partial charge on any atom is 0.202 e. The highest BCUT2D eigenvalue weighted by molar-refractivity contribution is 6.00. The van der Waals surface area contributed by atoms with Crippen LogP contribution in [0.4, 0.5) is 0 Å². The second-order valence-electron chi connectivity index (χ2n) is 16.4. The van der Waals surface area contributed by atoms with Crippen LogP contribution < -0.4 is 0 Å². The predicted molar refractivity (Wildman–Crippen MR) is 161 cm³/mol. The lowest BCUT2D eigenvalue weighted by molar-refractivity contribution is -0.293. The standard InChI is InChI=1S/C35H52O9/c1-17(2)22-13-24(38)35(8,44-22)29-20(36)14-32(5)23-11-9-18-19(34(23,7)25(39)15-33(29,32)6)10-12-26(31(18,3)4)43-30-28(41)27(40)21(37)16-42-30/h9,13,17,19-21,23,26-30,36-37,40-41H,10-12,14-16H2,1-8H3/t19-,20+,21+,23-,26+,27-,28+,29-,30-,32-,33+,34-,35+/m0/s1. The largest absolute Gasteiger partial charge is 0.483 e. The minimum absolute atomic E-state index is 0.0139. The van der Waals surface area contributed by atoms with Gasteiger partial charge in [0.15, 0.2) is 11.9 Å². The molecular weight excluding hydrogens is 564 g/mol. The van der Waals surface area contributed by atoms with Crippen molar-refractivity contribution in [2.24, 2.45) is 45.3 Å². The summed E-state index contributed by atoms with van der Waals surface area (Å²) in [5.74, 6) is 0.176. The first-order valence-corrected chi connectivity index (χ1v) is 16.5. The van der Waals surface area contributed by atoms with Gasteiger partial charge in [-0.1, -0.05) is 60.1 Å². The summed E-state index contributed by atoms with van der Waals surface area (Å²) in [5.41, 5.74) is -2.23. The van der Waals surface area contributed by atoms with E-state index in [-0.39, 0.29) is 48.5 Å². The molecule has 44 heavy (non-hydrogen) atoms. The molecule has 6 aliphatic rings. The smallest absolute Gasteiger partial charge is 0.202 e. The topological polar surface area (TPSA) is 143 Å². The number of carbonyl (C=O) groups excluding carboxylic acids is 2. The van der Waals surface area contributed by atoms with E-state index in [4.69, 9.17) is 14.2 Å². The number of carbonyl (C=O) groups is 2. The number of aliphatic hydroxyl groups excluding tert-OH is 4. The lowest BCUT2D eigenvalue weighted by Crippen LogP contribution is -2.65. The molecule has 0 aromatic heterocycles. The van der Waals surface area contributed by atoms with Crippen molar-refractivity contribution >= 4 is 11.6 Å². The summed E-state index contributed by atoms with van der Waals surface area (Å²) in [6.07, 6.45) is 0.633. The minimum Gasteiger partial charge on any atom is -0.483 e. The maximum atomic E-state index is 14.7. The SMILES string of the molecule is CC(C)C1=CC(=O)[C@](C)([C@H]2[C@H](O)C[C@@]3(C)[C@@H]4CC=C5[C@H](CC[C@@H](O[C@@H]6OC[C@@H](O)[C@H](O)[C@H]6O)C5(C)C)[C@]4(C)C(=O)C[C@]23C)O1. The Balaban J connectivity index is 1.31. The monoisotopic (exact) mass is 616 g/mol. The molecule has 9 nitrogen and oxygen atoms in total. The summed E-state index contributed by atoms with van der Waals surface area (Å²) in [4.78, 5) is 28.2. The summed E-state index contributed by atoms with van der Waals surface area (Å²) in [7, 11) is 0. The van der Waals surface area contributed by atoms with Crippen LogP contribution in [0, 0.1) is 45.3 Å². The number of aliphatic hydroxyl groups is 4. The first-order valence-electron chi connectivity index (χ1n) is 16.5. The van der Waals surface area contributed by atoms with Crippen LogP contribution in [0.3, 0.4) is 0 Å². The molecule has 0 bridgehead atoms. The number of Topliss-reactive ketones (excluding diaryl/α,β-unsaturated/α-hetero) is 1. The third kappa shape index (κ3) is 4.11. The van der Waals surface area contributed by atoms with Crippen molar-refractivity contribution < 1.29 is 44.2 Å². The van der Waals surface area contributed by atoms with Crippen molar-refractivity contribution in [2.75, 3.05) is 6.61 Å². The molecule has 0 unspecified atom stereocenters. The first-order chi connectivity index (χ1) is 20.3. The number of fused-ring (bicyclic) bond motifs is 5. The Morgan fingerprint density at radius 2 is 1.61 bits per heavy atom. The molecule has 0 aromatic rings. The van der Waals surface area contributed by atoms with E-state index in [9.17, 15) is 30.0 Å². The van der Waals surface area contributed by atoms with Gasteiger partial charge in [-0.05, 0) is 55.3 Å². The number of allylic oxidation sites excluding steroid dienone is 2. The van der Waals surface area contributed by atoms with E-state index >= 15 is 0 Å². The Morgan fingerprint density at radius 1 is 0.932 bits per heavy atom. The van der Waals surface area contributed by atoms with Gasteiger partial charge >= 0.3 is 0 Å². The zero-order chi connectivity index (χ0) is 32.4. The van der Waals surface area contributed by atoms with Crippen LogP contribution in [0.25, 0.3) is 0 Å². The fourth-order valence-corrected chi connectivity index (χ4v) is 10.9. The molecular formula is C35H52O9. The van der Waals surface area contributed by atoms with Crippen LogP contribution in [0.5, 0.6) is 0 Å². The second-order valence-corrected chi connectivity index (χ2v) is 16.4. The lowest BCUT2D eigenvalue weighted by Gasteiger charge is -2.65. The molecule has 2 aliphatic heterocycles. The normalized spacial score (nSPS) is 51.7. The van der Waals surface area contributed by atoms with Crippen molar-refractivity contribution in [1.29, 1.82) is 0 Å². The van der Waals surface area contributed by atoms with Crippen molar-refractivity contribution in [3.8, 4) is 0 Å². The molecule has 0 spiro atoms.